The average Bonchev–Trinajstić information content (AvgIpc) is 3.39. The standard InChI is InChI=1S/C39H48FN3O3/c1-24-15-17-38(2)26(21-24)10-11-29-31-12-14-35(39(31,3)18-16-32(29)38)46-20-6-19-41-36(44)30-22-25(9-13-33(30)40)23-34-27-7-4-5-8-28(27)37(45)43-42-34/h4-5,7-9,13,22,26,29,31-32,35H,1,6,10-12,14-21,23H2,2-3H3,(H,41,44)(H,43,45)/t26-,29-,31-,32-,35-,38-,39-/m0/s1. The number of amides is 1. The van der Waals surface area contributed by atoms with Crippen LogP contribution in [-0.2, 0) is 11.2 Å². The Morgan fingerprint density at radius 2 is 1.85 bits per heavy atom. The zero-order valence-corrected chi connectivity index (χ0v) is 27.4. The fourth-order valence-electron chi connectivity index (χ4n) is 10.3. The van der Waals surface area contributed by atoms with Gasteiger partial charge in [0.1, 0.15) is 5.82 Å². The molecule has 1 aromatic heterocycles. The van der Waals surface area contributed by atoms with Crippen LogP contribution in [-0.4, -0.2) is 35.4 Å². The fourth-order valence-corrected chi connectivity index (χ4v) is 10.3. The number of hydrogen-bond donors (Lipinski definition) is 2. The Morgan fingerprint density at radius 3 is 2.70 bits per heavy atom. The molecule has 0 aliphatic heterocycles. The summed E-state index contributed by atoms with van der Waals surface area (Å²) in [7, 11) is 0. The van der Waals surface area contributed by atoms with Crippen molar-refractivity contribution in [2.75, 3.05) is 13.2 Å². The minimum atomic E-state index is -0.557. The summed E-state index contributed by atoms with van der Waals surface area (Å²) in [5, 5.41) is 11.0. The molecular formula is C39H48FN3O3. The van der Waals surface area contributed by atoms with E-state index < -0.39 is 11.7 Å². The van der Waals surface area contributed by atoms with E-state index in [0.717, 1.165) is 41.0 Å². The second-order valence-electron chi connectivity index (χ2n) is 15.2. The van der Waals surface area contributed by atoms with E-state index in [1.807, 2.05) is 18.2 Å². The summed E-state index contributed by atoms with van der Waals surface area (Å²) in [5.41, 5.74) is 3.37. The third-order valence-corrected chi connectivity index (χ3v) is 12.9. The van der Waals surface area contributed by atoms with E-state index in [-0.39, 0.29) is 22.6 Å². The van der Waals surface area contributed by atoms with Gasteiger partial charge in [0, 0.05) is 25.0 Å². The van der Waals surface area contributed by atoms with Crippen LogP contribution in [0.2, 0.25) is 0 Å². The molecular weight excluding hydrogens is 577 g/mol. The second-order valence-corrected chi connectivity index (χ2v) is 15.2. The van der Waals surface area contributed by atoms with E-state index in [1.54, 1.807) is 18.2 Å². The lowest BCUT2D eigenvalue weighted by Crippen LogP contribution is -2.53. The molecule has 7 atom stereocenters. The summed E-state index contributed by atoms with van der Waals surface area (Å²) >= 11 is 0. The molecule has 46 heavy (non-hydrogen) atoms. The highest BCUT2D eigenvalue weighted by Gasteiger charge is 2.60. The Bertz CT molecular complexity index is 1700. The molecule has 2 aromatic carbocycles. The molecule has 0 bridgehead atoms. The van der Waals surface area contributed by atoms with E-state index in [4.69, 9.17) is 4.74 Å². The number of benzene rings is 2. The molecule has 1 heterocycles. The maximum Gasteiger partial charge on any atom is 0.272 e. The first-order valence-corrected chi connectivity index (χ1v) is 17.5. The van der Waals surface area contributed by atoms with Crippen LogP contribution in [0.4, 0.5) is 4.39 Å². The number of carbonyl (C=O) groups is 1. The molecule has 3 aromatic rings. The van der Waals surface area contributed by atoms with Crippen molar-refractivity contribution in [2.24, 2.45) is 34.5 Å². The van der Waals surface area contributed by atoms with E-state index in [0.29, 0.717) is 42.5 Å². The van der Waals surface area contributed by atoms with Gasteiger partial charge in [-0.3, -0.25) is 9.59 Å². The number of allylic oxidation sites excluding steroid dienone is 1. The van der Waals surface area contributed by atoms with Crippen LogP contribution in [0.15, 0.2) is 59.4 Å². The quantitative estimate of drug-likeness (QED) is 0.198. The number of fused-ring (bicyclic) bond motifs is 6. The minimum Gasteiger partial charge on any atom is -0.378 e. The SMILES string of the molecule is C=C1CC[C@@]2(C)[C@@H](CC[C@@H]3[C@@H]2CC[C@]2(C)[C@@H](OCCCNC(=O)c4cc(Cc5n[nH]c(=O)c6ccccc56)ccc4F)CC[C@@H]32)C1. The number of rotatable bonds is 8. The monoisotopic (exact) mass is 625 g/mol. The Kier molecular flexibility index (Phi) is 8.41. The smallest absolute Gasteiger partial charge is 0.272 e. The largest absolute Gasteiger partial charge is 0.378 e. The van der Waals surface area contributed by atoms with Gasteiger partial charge in [0.15, 0.2) is 0 Å². The van der Waals surface area contributed by atoms with E-state index in [9.17, 15) is 14.0 Å². The number of nitrogens with zero attached hydrogens (tertiary/aromatic N) is 1. The van der Waals surface area contributed by atoms with E-state index in [1.165, 1.54) is 63.0 Å². The van der Waals surface area contributed by atoms with E-state index >= 15 is 0 Å². The molecule has 4 aliphatic carbocycles. The Morgan fingerprint density at radius 1 is 1.04 bits per heavy atom. The minimum absolute atomic E-state index is 0.0146. The Labute approximate surface area is 271 Å². The van der Waals surface area contributed by atoms with Gasteiger partial charge >= 0.3 is 0 Å². The third kappa shape index (κ3) is 5.52. The average molecular weight is 626 g/mol. The van der Waals surface area contributed by atoms with Crippen molar-refractivity contribution in [1.29, 1.82) is 0 Å². The molecule has 7 rings (SSSR count). The van der Waals surface area contributed by atoms with Crippen molar-refractivity contribution in [3.63, 3.8) is 0 Å². The summed E-state index contributed by atoms with van der Waals surface area (Å²) in [6.07, 6.45) is 12.8. The fraction of sp³-hybridized carbons (Fsp3) is 0.564. The van der Waals surface area contributed by atoms with Gasteiger partial charge in [0.2, 0.25) is 0 Å². The van der Waals surface area contributed by atoms with Crippen molar-refractivity contribution >= 4 is 16.7 Å². The first-order valence-electron chi connectivity index (χ1n) is 17.5. The number of ether oxygens (including phenoxy) is 1. The zero-order valence-electron chi connectivity index (χ0n) is 27.4. The van der Waals surface area contributed by atoms with Crippen LogP contribution in [0.1, 0.15) is 99.7 Å². The van der Waals surface area contributed by atoms with Crippen LogP contribution in [0, 0.1) is 40.3 Å². The van der Waals surface area contributed by atoms with Gasteiger partial charge in [-0.25, -0.2) is 9.49 Å². The Hall–Kier alpha value is -3.32. The normalized spacial score (nSPS) is 32.1. The van der Waals surface area contributed by atoms with Crippen LogP contribution in [0.3, 0.4) is 0 Å². The number of nitrogens with one attached hydrogen (secondary N) is 2. The Balaban J connectivity index is 0.920. The summed E-state index contributed by atoms with van der Waals surface area (Å²) in [4.78, 5) is 25.2. The topological polar surface area (TPSA) is 84.1 Å². The highest BCUT2D eigenvalue weighted by molar-refractivity contribution is 5.94. The predicted octanol–water partition coefficient (Wildman–Crippen LogP) is 7.76. The number of carbonyl (C=O) groups excluding carboxylic acids is 1. The number of halogens is 1. The third-order valence-electron chi connectivity index (χ3n) is 12.9. The zero-order chi connectivity index (χ0) is 32.1. The van der Waals surface area contributed by atoms with Crippen LogP contribution < -0.4 is 10.9 Å². The van der Waals surface area contributed by atoms with E-state index in [2.05, 4.69) is 35.9 Å². The molecule has 6 nitrogen and oxygen atoms in total. The number of H-pyrrole nitrogens is 1. The summed E-state index contributed by atoms with van der Waals surface area (Å²) in [5.74, 6) is 2.25. The van der Waals surface area contributed by atoms with Gasteiger partial charge in [0.05, 0.1) is 22.7 Å². The van der Waals surface area contributed by atoms with Crippen LogP contribution in [0.5, 0.6) is 0 Å². The predicted molar refractivity (Wildman–Crippen MR) is 179 cm³/mol. The van der Waals surface area contributed by atoms with Gasteiger partial charge in [-0.15, -0.1) is 0 Å². The lowest BCUT2D eigenvalue weighted by molar-refractivity contribution is -0.126. The highest BCUT2D eigenvalue weighted by Crippen LogP contribution is 2.66. The van der Waals surface area contributed by atoms with Crippen molar-refractivity contribution in [3.8, 4) is 0 Å². The van der Waals surface area contributed by atoms with Crippen LogP contribution >= 0.6 is 0 Å². The van der Waals surface area contributed by atoms with Gasteiger partial charge in [0.25, 0.3) is 11.5 Å². The first-order chi connectivity index (χ1) is 22.2. The molecule has 4 saturated carbocycles. The van der Waals surface area contributed by atoms with Crippen molar-refractivity contribution in [1.82, 2.24) is 15.5 Å². The molecule has 0 saturated heterocycles. The second kappa shape index (κ2) is 12.4. The summed E-state index contributed by atoms with van der Waals surface area (Å²) < 4.78 is 21.3. The molecule has 1 amide bonds. The number of aromatic nitrogens is 2. The number of hydrogen-bond acceptors (Lipinski definition) is 4. The van der Waals surface area contributed by atoms with Crippen molar-refractivity contribution in [2.45, 2.75) is 90.6 Å². The van der Waals surface area contributed by atoms with Gasteiger partial charge in [-0.1, -0.05) is 50.3 Å². The molecule has 0 unspecified atom stereocenters. The molecule has 4 fully saturated rings. The maximum absolute atomic E-state index is 14.7. The molecule has 0 spiro atoms. The maximum atomic E-state index is 14.7. The van der Waals surface area contributed by atoms with Gasteiger partial charge in [-0.2, -0.15) is 5.10 Å². The van der Waals surface area contributed by atoms with Gasteiger partial charge in [-0.05, 0) is 122 Å². The van der Waals surface area contributed by atoms with Gasteiger partial charge < -0.3 is 10.1 Å². The van der Waals surface area contributed by atoms with Crippen molar-refractivity contribution in [3.05, 3.63) is 87.6 Å². The molecule has 2 N–H and O–H groups in total. The number of aromatic amines is 1. The molecule has 244 valence electrons. The molecule has 7 heteroatoms. The first kappa shape index (κ1) is 31.3. The summed E-state index contributed by atoms with van der Waals surface area (Å²) in [6, 6.07) is 11.8. The lowest BCUT2D eigenvalue weighted by atomic mass is 9.45. The van der Waals surface area contributed by atoms with Crippen molar-refractivity contribution < 1.29 is 13.9 Å². The highest BCUT2D eigenvalue weighted by atomic mass is 19.1. The molecule has 0 radical (unpaired) electrons. The molecule has 4 aliphatic rings. The lowest BCUT2D eigenvalue weighted by Gasteiger charge is -2.60. The summed E-state index contributed by atoms with van der Waals surface area (Å²) in [6.45, 7) is 10.5. The van der Waals surface area contributed by atoms with Crippen LogP contribution in [0.25, 0.3) is 10.8 Å².